The van der Waals surface area contributed by atoms with E-state index in [1.165, 1.54) is 5.56 Å². The zero-order chi connectivity index (χ0) is 25.5. The minimum atomic E-state index is -3.63. The van der Waals surface area contributed by atoms with Gasteiger partial charge in [0.15, 0.2) is 0 Å². The van der Waals surface area contributed by atoms with E-state index in [9.17, 15) is 18.3 Å². The van der Waals surface area contributed by atoms with Crippen LogP contribution in [0.2, 0.25) is 0 Å². The van der Waals surface area contributed by atoms with Gasteiger partial charge in [-0.2, -0.15) is 0 Å². The first-order chi connectivity index (χ1) is 17.3. The summed E-state index contributed by atoms with van der Waals surface area (Å²) in [5, 5.41) is 13.5. The predicted octanol–water partition coefficient (Wildman–Crippen LogP) is 3.96. The van der Waals surface area contributed by atoms with Crippen molar-refractivity contribution >= 4 is 15.9 Å². The number of aliphatic hydroxyl groups is 1. The van der Waals surface area contributed by atoms with Gasteiger partial charge in [0.2, 0.25) is 10.0 Å². The highest BCUT2D eigenvalue weighted by molar-refractivity contribution is 7.89. The SMILES string of the molecule is CS(=O)(=O)NC(=O)c1ccc(-c2ccc(CCNC[C@@H](O)c3cccnc3)cc2)cc1C1CCCC1. The maximum absolute atomic E-state index is 12.7. The van der Waals surface area contributed by atoms with E-state index in [2.05, 4.69) is 39.3 Å². The molecule has 1 aliphatic carbocycles. The number of hydrogen-bond donors (Lipinski definition) is 3. The maximum Gasteiger partial charge on any atom is 0.265 e. The third-order valence-electron chi connectivity index (χ3n) is 6.65. The van der Waals surface area contributed by atoms with Crippen molar-refractivity contribution in [2.45, 2.75) is 44.1 Å². The van der Waals surface area contributed by atoms with E-state index in [-0.39, 0.29) is 5.92 Å². The van der Waals surface area contributed by atoms with Crippen LogP contribution in [-0.4, -0.2) is 43.8 Å². The van der Waals surface area contributed by atoms with Crippen LogP contribution in [0, 0.1) is 0 Å². The van der Waals surface area contributed by atoms with Crippen molar-refractivity contribution in [3.8, 4) is 11.1 Å². The van der Waals surface area contributed by atoms with Gasteiger partial charge in [0.05, 0.1) is 12.4 Å². The summed E-state index contributed by atoms with van der Waals surface area (Å²) in [5.74, 6) is -0.305. The highest BCUT2D eigenvalue weighted by Gasteiger charge is 2.24. The first kappa shape index (κ1) is 26.0. The van der Waals surface area contributed by atoms with Crippen molar-refractivity contribution in [3.05, 3.63) is 89.2 Å². The van der Waals surface area contributed by atoms with Gasteiger partial charge in [-0.1, -0.05) is 55.3 Å². The first-order valence-corrected chi connectivity index (χ1v) is 14.2. The number of rotatable bonds is 10. The molecule has 0 bridgehead atoms. The molecule has 3 aromatic rings. The molecule has 0 aliphatic heterocycles. The smallest absolute Gasteiger partial charge is 0.265 e. The lowest BCUT2D eigenvalue weighted by Crippen LogP contribution is -2.30. The Morgan fingerprint density at radius 3 is 2.47 bits per heavy atom. The fraction of sp³-hybridized carbons (Fsp3) is 0.357. The summed E-state index contributed by atoms with van der Waals surface area (Å²) < 4.78 is 25.3. The Balaban J connectivity index is 1.41. The summed E-state index contributed by atoms with van der Waals surface area (Å²) in [6.07, 6.45) is 8.84. The lowest BCUT2D eigenvalue weighted by molar-refractivity contribution is 0.0980. The lowest BCUT2D eigenvalue weighted by Gasteiger charge is -2.17. The van der Waals surface area contributed by atoms with Gasteiger partial charge in [0.1, 0.15) is 0 Å². The number of sulfonamides is 1. The molecule has 1 aliphatic rings. The Kier molecular flexibility index (Phi) is 8.51. The number of hydrogen-bond acceptors (Lipinski definition) is 6. The molecule has 36 heavy (non-hydrogen) atoms. The van der Waals surface area contributed by atoms with Crippen molar-refractivity contribution in [2.75, 3.05) is 19.3 Å². The molecule has 1 atom stereocenters. The summed E-state index contributed by atoms with van der Waals surface area (Å²) in [6, 6.07) is 17.7. The van der Waals surface area contributed by atoms with Crippen LogP contribution in [0.25, 0.3) is 11.1 Å². The number of amides is 1. The van der Waals surface area contributed by atoms with Crippen molar-refractivity contribution in [1.82, 2.24) is 15.0 Å². The second-order valence-electron chi connectivity index (χ2n) is 9.44. The average Bonchev–Trinajstić information content (AvgIpc) is 3.41. The van der Waals surface area contributed by atoms with Gasteiger partial charge in [-0.15, -0.1) is 0 Å². The quantitative estimate of drug-likeness (QED) is 0.359. The van der Waals surface area contributed by atoms with Crippen molar-refractivity contribution < 1.29 is 18.3 Å². The summed E-state index contributed by atoms with van der Waals surface area (Å²) >= 11 is 0. The van der Waals surface area contributed by atoms with Crippen molar-refractivity contribution in [1.29, 1.82) is 0 Å². The fourth-order valence-electron chi connectivity index (χ4n) is 4.77. The number of aliphatic hydroxyl groups excluding tert-OH is 1. The number of carbonyl (C=O) groups excluding carboxylic acids is 1. The molecule has 3 N–H and O–H groups in total. The van der Waals surface area contributed by atoms with Crippen LogP contribution in [-0.2, 0) is 16.4 Å². The van der Waals surface area contributed by atoms with Crippen LogP contribution in [0.4, 0.5) is 0 Å². The topological polar surface area (TPSA) is 108 Å². The van der Waals surface area contributed by atoms with Gasteiger partial charge < -0.3 is 10.4 Å². The predicted molar refractivity (Wildman–Crippen MR) is 141 cm³/mol. The molecule has 0 saturated heterocycles. The molecule has 1 aromatic heterocycles. The fourth-order valence-corrected chi connectivity index (χ4v) is 5.22. The van der Waals surface area contributed by atoms with Crippen LogP contribution in [0.1, 0.15) is 64.8 Å². The van der Waals surface area contributed by atoms with Gasteiger partial charge in [0, 0.05) is 30.1 Å². The number of carbonyl (C=O) groups is 1. The second-order valence-corrected chi connectivity index (χ2v) is 11.2. The van der Waals surface area contributed by atoms with E-state index >= 15 is 0 Å². The van der Waals surface area contributed by atoms with Gasteiger partial charge >= 0.3 is 0 Å². The van der Waals surface area contributed by atoms with Gasteiger partial charge in [0.25, 0.3) is 5.91 Å². The number of pyridine rings is 1. The molecule has 0 radical (unpaired) electrons. The molecule has 0 unspecified atom stereocenters. The molecule has 1 amide bonds. The molecule has 4 rings (SSSR count). The third-order valence-corrected chi connectivity index (χ3v) is 7.21. The van der Waals surface area contributed by atoms with E-state index in [4.69, 9.17) is 0 Å². The lowest BCUT2D eigenvalue weighted by atomic mass is 9.89. The molecule has 1 heterocycles. The number of benzene rings is 2. The van der Waals surface area contributed by atoms with E-state index < -0.39 is 22.0 Å². The molecule has 0 spiro atoms. The van der Waals surface area contributed by atoms with Gasteiger partial charge in [-0.05, 0) is 66.1 Å². The largest absolute Gasteiger partial charge is 0.387 e. The Bertz CT molecular complexity index is 1270. The molecular formula is C28H33N3O4S. The van der Waals surface area contributed by atoms with E-state index in [1.54, 1.807) is 18.5 Å². The van der Waals surface area contributed by atoms with Crippen molar-refractivity contribution in [2.24, 2.45) is 0 Å². The minimum Gasteiger partial charge on any atom is -0.387 e. The standard InChI is InChI=1S/C28H33N3O4S/c1-36(34,35)31-28(33)25-13-12-23(17-26(25)22-5-2-3-6-22)21-10-8-20(9-11-21)14-16-30-19-27(32)24-7-4-15-29-18-24/h4,7-13,15,17-18,22,27,30,32H,2-3,5-6,14,16,19H2,1H3,(H,31,33)/t27-/m1/s1. The Labute approximate surface area is 213 Å². The number of aromatic nitrogens is 1. The van der Waals surface area contributed by atoms with Crippen LogP contribution in [0.5, 0.6) is 0 Å². The molecule has 1 fully saturated rings. The summed E-state index contributed by atoms with van der Waals surface area (Å²) in [7, 11) is -3.63. The Morgan fingerprint density at radius 2 is 1.81 bits per heavy atom. The Morgan fingerprint density at radius 1 is 1.08 bits per heavy atom. The maximum atomic E-state index is 12.7. The molecule has 1 saturated carbocycles. The van der Waals surface area contributed by atoms with Crippen LogP contribution >= 0.6 is 0 Å². The van der Waals surface area contributed by atoms with E-state index in [1.807, 2.05) is 24.3 Å². The van der Waals surface area contributed by atoms with Gasteiger partial charge in [-0.25, -0.2) is 13.1 Å². The molecule has 190 valence electrons. The minimum absolute atomic E-state index is 0.262. The molecule has 7 nitrogen and oxygen atoms in total. The van der Waals surface area contributed by atoms with Crippen LogP contribution in [0.3, 0.4) is 0 Å². The number of nitrogens with zero attached hydrogens (tertiary/aromatic N) is 1. The highest BCUT2D eigenvalue weighted by atomic mass is 32.2. The summed E-state index contributed by atoms with van der Waals surface area (Å²) in [6.45, 7) is 1.21. The number of nitrogens with one attached hydrogen (secondary N) is 2. The van der Waals surface area contributed by atoms with Crippen LogP contribution in [0.15, 0.2) is 67.0 Å². The average molecular weight is 508 g/mol. The van der Waals surface area contributed by atoms with Crippen LogP contribution < -0.4 is 10.0 Å². The van der Waals surface area contributed by atoms with E-state index in [0.29, 0.717) is 12.1 Å². The molecule has 8 heteroatoms. The monoisotopic (exact) mass is 507 g/mol. The zero-order valence-electron chi connectivity index (χ0n) is 20.5. The molecule has 2 aromatic carbocycles. The molecular weight excluding hydrogens is 474 g/mol. The normalized spacial score (nSPS) is 15.1. The second kappa shape index (κ2) is 11.8. The highest BCUT2D eigenvalue weighted by Crippen LogP contribution is 2.38. The summed E-state index contributed by atoms with van der Waals surface area (Å²) in [5.41, 5.74) is 5.40. The summed E-state index contributed by atoms with van der Waals surface area (Å²) in [4.78, 5) is 16.7. The van der Waals surface area contributed by atoms with Crippen molar-refractivity contribution in [3.63, 3.8) is 0 Å². The Hall–Kier alpha value is -3.07. The third kappa shape index (κ3) is 7.00. The van der Waals surface area contributed by atoms with E-state index in [0.717, 1.165) is 67.2 Å². The van der Waals surface area contributed by atoms with Gasteiger partial charge in [-0.3, -0.25) is 9.78 Å². The zero-order valence-corrected chi connectivity index (χ0v) is 21.3. The first-order valence-electron chi connectivity index (χ1n) is 12.3.